The number of nitrogens with zero attached hydrogens (tertiary/aromatic N) is 2. The van der Waals surface area contributed by atoms with Crippen LogP contribution < -0.4 is 11.1 Å². The molecule has 0 saturated carbocycles. The Morgan fingerprint density at radius 1 is 1.54 bits per heavy atom. The summed E-state index contributed by atoms with van der Waals surface area (Å²) >= 11 is 3.32. The summed E-state index contributed by atoms with van der Waals surface area (Å²) in [6, 6.07) is 8.29. The quantitative estimate of drug-likeness (QED) is 0.474. The molecule has 0 aliphatic carbocycles. The summed E-state index contributed by atoms with van der Waals surface area (Å²) < 4.78 is 29.9. The highest BCUT2D eigenvalue weighted by atomic mass is 79.9. The van der Waals surface area contributed by atoms with Gasteiger partial charge in [0.25, 0.3) is 0 Å². The minimum atomic E-state index is -2.64. The molecule has 150 valence electrons. The first-order valence-corrected chi connectivity index (χ1v) is 11.3. The Morgan fingerprint density at radius 3 is 2.86 bits per heavy atom. The maximum Gasteiger partial charge on any atom is 0.128 e. The second-order valence-electron chi connectivity index (χ2n) is 7.22. The second-order valence-corrected chi connectivity index (χ2v) is 10.5. The number of halogens is 2. The summed E-state index contributed by atoms with van der Waals surface area (Å²) in [5.74, 6) is 3.50. The van der Waals surface area contributed by atoms with Crippen LogP contribution in [0.2, 0.25) is 0 Å². The molecule has 3 rings (SSSR count). The Bertz CT molecular complexity index is 1010. The summed E-state index contributed by atoms with van der Waals surface area (Å²) in [6.07, 6.45) is 1.22. The van der Waals surface area contributed by atoms with Gasteiger partial charge in [-0.25, -0.2) is 8.70 Å². The van der Waals surface area contributed by atoms with E-state index in [1.54, 1.807) is 38.4 Å². The molecule has 3 atom stereocenters. The van der Waals surface area contributed by atoms with Gasteiger partial charge >= 0.3 is 0 Å². The minimum Gasteiger partial charge on any atom is -0.303 e. The molecule has 1 saturated heterocycles. The van der Waals surface area contributed by atoms with Crippen LogP contribution in [-0.2, 0) is 21.7 Å². The lowest BCUT2D eigenvalue weighted by molar-refractivity contribution is 0.222. The second kappa shape index (κ2) is 7.64. The third kappa shape index (κ3) is 4.18. The Hall–Kier alpha value is -1.65. The highest BCUT2D eigenvalue weighted by molar-refractivity contribution is 9.10. The predicted octanol–water partition coefficient (Wildman–Crippen LogP) is 2.22. The van der Waals surface area contributed by atoms with E-state index in [2.05, 4.69) is 32.1 Å². The zero-order valence-corrected chi connectivity index (χ0v) is 18.1. The van der Waals surface area contributed by atoms with Gasteiger partial charge in [0, 0.05) is 39.4 Å². The number of nitrogens with two attached hydrogens (primary N) is 1. The lowest BCUT2D eigenvalue weighted by Gasteiger charge is -2.45. The number of nitrogens with one attached hydrogen (secondary N) is 2. The van der Waals surface area contributed by atoms with Crippen molar-refractivity contribution in [2.75, 3.05) is 12.8 Å². The summed E-state index contributed by atoms with van der Waals surface area (Å²) in [6.45, 7) is 1.77. The summed E-state index contributed by atoms with van der Waals surface area (Å²) in [5.41, 5.74) is 7.11. The van der Waals surface area contributed by atoms with Crippen LogP contribution in [0.5, 0.6) is 0 Å². The van der Waals surface area contributed by atoms with Crippen LogP contribution in [0.15, 0.2) is 41.0 Å². The SMILES string of the molecule is C=S1(=O)C[C@@](C)(c2cc(CC(=N)c3ccc(Br)cn3)ccc2F)NC(N)N1C. The summed E-state index contributed by atoms with van der Waals surface area (Å²) in [7, 11) is -1.01. The molecule has 6 nitrogen and oxygen atoms in total. The molecule has 9 heteroatoms. The molecule has 2 heterocycles. The van der Waals surface area contributed by atoms with Gasteiger partial charge in [-0.3, -0.25) is 14.5 Å². The Balaban J connectivity index is 1.91. The topological polar surface area (TPSA) is 95.1 Å². The van der Waals surface area contributed by atoms with Crippen molar-refractivity contribution in [2.45, 2.75) is 25.2 Å². The number of hydrogen-bond acceptors (Lipinski definition) is 5. The Morgan fingerprint density at radius 2 is 2.25 bits per heavy atom. The molecule has 1 aromatic heterocycles. The van der Waals surface area contributed by atoms with Crippen molar-refractivity contribution in [3.8, 4) is 0 Å². The van der Waals surface area contributed by atoms with Gasteiger partial charge in [0.1, 0.15) is 12.1 Å². The van der Waals surface area contributed by atoms with Gasteiger partial charge in [0.2, 0.25) is 0 Å². The average Bonchev–Trinajstić information content (AvgIpc) is 2.61. The van der Waals surface area contributed by atoms with Crippen molar-refractivity contribution in [3.05, 3.63) is 63.6 Å². The molecule has 0 bridgehead atoms. The zero-order valence-electron chi connectivity index (χ0n) is 15.7. The van der Waals surface area contributed by atoms with E-state index in [1.165, 1.54) is 10.4 Å². The first-order valence-electron chi connectivity index (χ1n) is 8.61. The smallest absolute Gasteiger partial charge is 0.128 e. The van der Waals surface area contributed by atoms with Crippen LogP contribution in [0.4, 0.5) is 4.39 Å². The molecule has 4 N–H and O–H groups in total. The van der Waals surface area contributed by atoms with Crippen molar-refractivity contribution in [1.29, 1.82) is 5.41 Å². The largest absolute Gasteiger partial charge is 0.303 e. The van der Waals surface area contributed by atoms with Crippen LogP contribution in [-0.4, -0.2) is 44.2 Å². The standard InChI is InChI=1S/C19H23BrFN5OS/c1-19(11-28(3,27)26(2)18(23)25-19)14-8-12(4-6-15(14)21)9-16(22)17-7-5-13(20)10-24-17/h4-8,10,18,22,25H,3,9,11,23H2,1-2H3/t18?,19-,28?/m0/s1. The van der Waals surface area contributed by atoms with Gasteiger partial charge in [-0.05, 0) is 52.5 Å². The van der Waals surface area contributed by atoms with Crippen LogP contribution in [0.1, 0.15) is 23.7 Å². The van der Waals surface area contributed by atoms with E-state index in [9.17, 15) is 8.60 Å². The van der Waals surface area contributed by atoms with Gasteiger partial charge < -0.3 is 11.1 Å². The fraction of sp³-hybridized carbons (Fsp3) is 0.316. The van der Waals surface area contributed by atoms with Gasteiger partial charge in [-0.2, -0.15) is 0 Å². The van der Waals surface area contributed by atoms with Crippen molar-refractivity contribution < 1.29 is 8.60 Å². The highest BCUT2D eigenvalue weighted by Gasteiger charge is 2.41. The zero-order chi connectivity index (χ0) is 20.7. The predicted molar refractivity (Wildman–Crippen MR) is 115 cm³/mol. The molecule has 28 heavy (non-hydrogen) atoms. The van der Waals surface area contributed by atoms with Gasteiger partial charge in [-0.1, -0.05) is 12.1 Å². The molecule has 0 spiro atoms. The van der Waals surface area contributed by atoms with E-state index in [-0.39, 0.29) is 5.75 Å². The lowest BCUT2D eigenvalue weighted by Crippen LogP contribution is -2.66. The number of benzene rings is 1. The van der Waals surface area contributed by atoms with Crippen molar-refractivity contribution in [2.24, 2.45) is 5.73 Å². The first kappa shape index (κ1) is 21.1. The fourth-order valence-corrected chi connectivity index (χ4v) is 5.37. The van der Waals surface area contributed by atoms with E-state index in [1.807, 2.05) is 6.07 Å². The maximum atomic E-state index is 14.7. The molecular weight excluding hydrogens is 445 g/mol. The average molecular weight is 468 g/mol. The van der Waals surface area contributed by atoms with Crippen LogP contribution >= 0.6 is 15.9 Å². The summed E-state index contributed by atoms with van der Waals surface area (Å²) in [4.78, 5) is 4.23. The number of rotatable bonds is 4. The Kier molecular flexibility index (Phi) is 5.75. The fourth-order valence-electron chi connectivity index (χ4n) is 3.33. The monoisotopic (exact) mass is 467 g/mol. The van der Waals surface area contributed by atoms with Crippen molar-refractivity contribution >= 4 is 37.2 Å². The molecule has 0 radical (unpaired) electrons. The van der Waals surface area contributed by atoms with Gasteiger partial charge in [0.15, 0.2) is 0 Å². The minimum absolute atomic E-state index is 0.121. The first-order chi connectivity index (χ1) is 13.0. The maximum absolute atomic E-state index is 14.7. The van der Waals surface area contributed by atoms with Gasteiger partial charge in [-0.15, -0.1) is 0 Å². The summed E-state index contributed by atoms with van der Waals surface area (Å²) in [5, 5.41) is 11.5. The molecule has 1 aliphatic heterocycles. The lowest BCUT2D eigenvalue weighted by atomic mass is 9.90. The van der Waals surface area contributed by atoms with E-state index in [0.29, 0.717) is 23.4 Å². The molecule has 2 aromatic rings. The number of pyridine rings is 1. The Labute approximate surface area is 173 Å². The molecule has 1 fully saturated rings. The highest BCUT2D eigenvalue weighted by Crippen LogP contribution is 2.31. The number of aromatic nitrogens is 1. The molecule has 0 amide bonds. The van der Waals surface area contributed by atoms with E-state index in [4.69, 9.17) is 11.1 Å². The molecule has 1 aliphatic rings. The van der Waals surface area contributed by atoms with Gasteiger partial charge in [0.05, 0.1) is 22.7 Å². The number of hydrogen-bond donors (Lipinski definition) is 3. The van der Waals surface area contributed by atoms with Crippen LogP contribution in [0.3, 0.4) is 0 Å². The third-order valence-corrected chi connectivity index (χ3v) is 7.71. The molecular formula is C19H23BrFN5OS. The normalized spacial score (nSPS) is 28.2. The molecule has 1 aromatic carbocycles. The van der Waals surface area contributed by atoms with E-state index < -0.39 is 27.4 Å². The van der Waals surface area contributed by atoms with E-state index in [0.717, 1.165) is 10.0 Å². The van der Waals surface area contributed by atoms with Crippen molar-refractivity contribution in [3.63, 3.8) is 0 Å². The van der Waals surface area contributed by atoms with Crippen LogP contribution in [0.25, 0.3) is 0 Å². The molecule has 2 unspecified atom stereocenters. The van der Waals surface area contributed by atoms with Crippen LogP contribution in [0, 0.1) is 11.2 Å². The van der Waals surface area contributed by atoms with Crippen molar-refractivity contribution in [1.82, 2.24) is 14.6 Å². The van der Waals surface area contributed by atoms with E-state index >= 15 is 0 Å². The third-order valence-electron chi connectivity index (χ3n) is 4.94.